The molecule has 2 nitrogen and oxygen atoms in total. The molecule has 2 aliphatic rings. The van der Waals surface area contributed by atoms with Gasteiger partial charge in [-0.05, 0) is 44.4 Å². The van der Waals surface area contributed by atoms with E-state index in [1.807, 2.05) is 0 Å². The summed E-state index contributed by atoms with van der Waals surface area (Å²) in [5, 5.41) is 0. The van der Waals surface area contributed by atoms with E-state index in [0.29, 0.717) is 12.1 Å². The first-order valence-electron chi connectivity index (χ1n) is 6.22. The summed E-state index contributed by atoms with van der Waals surface area (Å²) in [7, 11) is 0. The smallest absolute Gasteiger partial charge is 0.0576 e. The molecular formula is C12H23NO. The second kappa shape index (κ2) is 5.13. The molecule has 2 atom stereocenters. The lowest BCUT2D eigenvalue weighted by atomic mass is 10.0. The molecule has 1 saturated heterocycles. The van der Waals surface area contributed by atoms with E-state index in [-0.39, 0.29) is 0 Å². The molecule has 14 heavy (non-hydrogen) atoms. The van der Waals surface area contributed by atoms with E-state index >= 15 is 0 Å². The molecule has 2 heteroatoms. The van der Waals surface area contributed by atoms with Crippen molar-refractivity contribution >= 4 is 0 Å². The Bertz CT molecular complexity index is 162. The Morgan fingerprint density at radius 3 is 2.79 bits per heavy atom. The zero-order chi connectivity index (χ0) is 9.80. The van der Waals surface area contributed by atoms with Crippen LogP contribution in [0.4, 0.5) is 0 Å². The van der Waals surface area contributed by atoms with Crippen molar-refractivity contribution in [1.29, 1.82) is 0 Å². The number of hydrogen-bond acceptors (Lipinski definition) is 2. The highest BCUT2D eigenvalue weighted by Crippen LogP contribution is 2.33. The van der Waals surface area contributed by atoms with E-state index < -0.39 is 0 Å². The second-order valence-electron chi connectivity index (χ2n) is 5.01. The van der Waals surface area contributed by atoms with Crippen molar-refractivity contribution < 1.29 is 4.74 Å². The third-order valence-electron chi connectivity index (χ3n) is 3.46. The standard InChI is InChI=1S/C12H23NO/c13-11(9-10-6-7-10)3-1-4-12-5-2-8-14-12/h10-12H,1-9,13H2. The number of ether oxygens (including phenoxy) is 1. The van der Waals surface area contributed by atoms with Crippen molar-refractivity contribution in [3.05, 3.63) is 0 Å². The van der Waals surface area contributed by atoms with Crippen LogP contribution in [0.25, 0.3) is 0 Å². The molecule has 0 spiro atoms. The summed E-state index contributed by atoms with van der Waals surface area (Å²) in [4.78, 5) is 0. The quantitative estimate of drug-likeness (QED) is 0.710. The van der Waals surface area contributed by atoms with Gasteiger partial charge in [-0.25, -0.2) is 0 Å². The van der Waals surface area contributed by atoms with Crippen LogP contribution in [0.5, 0.6) is 0 Å². The molecule has 1 saturated carbocycles. The van der Waals surface area contributed by atoms with E-state index in [9.17, 15) is 0 Å². The van der Waals surface area contributed by atoms with Crippen LogP contribution in [-0.2, 0) is 4.74 Å². The molecule has 1 heterocycles. The van der Waals surface area contributed by atoms with Gasteiger partial charge in [0.25, 0.3) is 0 Å². The van der Waals surface area contributed by atoms with E-state index in [1.165, 1.54) is 51.4 Å². The molecule has 0 amide bonds. The minimum Gasteiger partial charge on any atom is -0.378 e. The number of nitrogens with two attached hydrogens (primary N) is 1. The van der Waals surface area contributed by atoms with E-state index in [2.05, 4.69) is 0 Å². The lowest BCUT2D eigenvalue weighted by Gasteiger charge is -2.12. The molecule has 0 aromatic carbocycles. The molecule has 0 radical (unpaired) electrons. The largest absolute Gasteiger partial charge is 0.378 e. The van der Waals surface area contributed by atoms with E-state index in [1.54, 1.807) is 0 Å². The maximum absolute atomic E-state index is 6.06. The van der Waals surface area contributed by atoms with Crippen molar-refractivity contribution in [2.24, 2.45) is 11.7 Å². The number of rotatable bonds is 6. The lowest BCUT2D eigenvalue weighted by Crippen LogP contribution is -2.21. The maximum atomic E-state index is 6.06. The molecule has 2 rings (SSSR count). The highest BCUT2D eigenvalue weighted by Gasteiger charge is 2.23. The molecule has 0 aromatic heterocycles. The molecular weight excluding hydrogens is 174 g/mol. The van der Waals surface area contributed by atoms with Crippen molar-refractivity contribution in [2.75, 3.05) is 6.61 Å². The highest BCUT2D eigenvalue weighted by molar-refractivity contribution is 4.78. The fourth-order valence-corrected chi connectivity index (χ4v) is 2.38. The minimum atomic E-state index is 0.462. The highest BCUT2D eigenvalue weighted by atomic mass is 16.5. The van der Waals surface area contributed by atoms with Gasteiger partial charge in [-0.1, -0.05) is 12.8 Å². The van der Waals surface area contributed by atoms with Gasteiger partial charge in [-0.15, -0.1) is 0 Å². The van der Waals surface area contributed by atoms with Crippen LogP contribution >= 0.6 is 0 Å². The van der Waals surface area contributed by atoms with Gasteiger partial charge in [-0.2, -0.15) is 0 Å². The SMILES string of the molecule is NC(CCCC1CCCO1)CC1CC1. The Labute approximate surface area is 87.2 Å². The first-order valence-corrected chi connectivity index (χ1v) is 6.22. The van der Waals surface area contributed by atoms with Crippen molar-refractivity contribution in [2.45, 2.75) is 63.5 Å². The summed E-state index contributed by atoms with van der Waals surface area (Å²) in [6, 6.07) is 0.462. The van der Waals surface area contributed by atoms with Crippen LogP contribution < -0.4 is 5.73 Å². The zero-order valence-corrected chi connectivity index (χ0v) is 9.08. The molecule has 1 aliphatic heterocycles. The average molecular weight is 197 g/mol. The lowest BCUT2D eigenvalue weighted by molar-refractivity contribution is 0.101. The van der Waals surface area contributed by atoms with Gasteiger partial charge in [-0.3, -0.25) is 0 Å². The van der Waals surface area contributed by atoms with Crippen LogP contribution in [-0.4, -0.2) is 18.8 Å². The van der Waals surface area contributed by atoms with Crippen LogP contribution in [0.2, 0.25) is 0 Å². The molecule has 2 N–H and O–H groups in total. The normalized spacial score (nSPS) is 29.4. The van der Waals surface area contributed by atoms with Crippen LogP contribution in [0.3, 0.4) is 0 Å². The molecule has 2 unspecified atom stereocenters. The fourth-order valence-electron chi connectivity index (χ4n) is 2.38. The maximum Gasteiger partial charge on any atom is 0.0576 e. The van der Waals surface area contributed by atoms with Gasteiger partial charge in [0, 0.05) is 12.6 Å². The molecule has 1 aliphatic carbocycles. The summed E-state index contributed by atoms with van der Waals surface area (Å²) in [5.74, 6) is 0.979. The van der Waals surface area contributed by atoms with Gasteiger partial charge in [0.15, 0.2) is 0 Å². The summed E-state index contributed by atoms with van der Waals surface area (Å²) in [6.45, 7) is 0.985. The second-order valence-corrected chi connectivity index (χ2v) is 5.01. The monoisotopic (exact) mass is 197 g/mol. The third-order valence-corrected chi connectivity index (χ3v) is 3.46. The van der Waals surface area contributed by atoms with Gasteiger partial charge in [0.05, 0.1) is 6.10 Å². The van der Waals surface area contributed by atoms with Crippen LogP contribution in [0.1, 0.15) is 51.4 Å². The van der Waals surface area contributed by atoms with Crippen molar-refractivity contribution in [3.63, 3.8) is 0 Å². The topological polar surface area (TPSA) is 35.2 Å². The molecule has 2 fully saturated rings. The number of hydrogen-bond donors (Lipinski definition) is 1. The first kappa shape index (κ1) is 10.4. The molecule has 0 bridgehead atoms. The van der Waals surface area contributed by atoms with Gasteiger partial charge < -0.3 is 10.5 Å². The van der Waals surface area contributed by atoms with Gasteiger partial charge in [0.2, 0.25) is 0 Å². The van der Waals surface area contributed by atoms with Gasteiger partial charge in [0.1, 0.15) is 0 Å². The summed E-state index contributed by atoms with van der Waals surface area (Å²) >= 11 is 0. The molecule has 82 valence electrons. The van der Waals surface area contributed by atoms with E-state index in [0.717, 1.165) is 12.5 Å². The Morgan fingerprint density at radius 1 is 1.29 bits per heavy atom. The third kappa shape index (κ3) is 3.58. The summed E-state index contributed by atoms with van der Waals surface area (Å²) in [5.41, 5.74) is 6.06. The average Bonchev–Trinajstić information content (AvgIpc) is 2.82. The molecule has 0 aromatic rings. The Balaban J connectivity index is 1.48. The fraction of sp³-hybridized carbons (Fsp3) is 1.00. The predicted octanol–water partition coefficient (Wildman–Crippen LogP) is 2.46. The summed E-state index contributed by atoms with van der Waals surface area (Å²) < 4.78 is 5.59. The summed E-state index contributed by atoms with van der Waals surface area (Å²) in [6.07, 6.45) is 10.9. The van der Waals surface area contributed by atoms with Crippen LogP contribution in [0, 0.1) is 5.92 Å². The Morgan fingerprint density at radius 2 is 2.14 bits per heavy atom. The van der Waals surface area contributed by atoms with Crippen molar-refractivity contribution in [1.82, 2.24) is 0 Å². The minimum absolute atomic E-state index is 0.462. The van der Waals surface area contributed by atoms with Crippen LogP contribution in [0.15, 0.2) is 0 Å². The van der Waals surface area contributed by atoms with Crippen molar-refractivity contribution in [3.8, 4) is 0 Å². The van der Waals surface area contributed by atoms with E-state index in [4.69, 9.17) is 10.5 Å². The zero-order valence-electron chi connectivity index (χ0n) is 9.08. The Kier molecular flexibility index (Phi) is 3.82. The Hall–Kier alpha value is -0.0800. The first-order chi connectivity index (χ1) is 6.84. The predicted molar refractivity (Wildman–Crippen MR) is 58.1 cm³/mol. The van der Waals surface area contributed by atoms with Gasteiger partial charge >= 0.3 is 0 Å².